The molecule has 0 bridgehead atoms. The second-order valence-corrected chi connectivity index (χ2v) is 14.7. The quantitative estimate of drug-likeness (QED) is 0.360. The van der Waals surface area contributed by atoms with Crippen molar-refractivity contribution in [2.75, 3.05) is 13.1 Å². The molecule has 2 aromatic rings. The third-order valence-electron chi connectivity index (χ3n) is 9.90. The fourth-order valence-electron chi connectivity index (χ4n) is 7.46. The van der Waals surface area contributed by atoms with Crippen molar-refractivity contribution in [3.8, 4) is 0 Å². The van der Waals surface area contributed by atoms with Gasteiger partial charge in [0.05, 0.1) is 11.5 Å². The molecule has 0 spiro atoms. The lowest BCUT2D eigenvalue weighted by Gasteiger charge is -2.47. The summed E-state index contributed by atoms with van der Waals surface area (Å²) in [5.74, 6) is 0.458. The first kappa shape index (κ1) is 32.5. The summed E-state index contributed by atoms with van der Waals surface area (Å²) in [7, 11) is 0. The molecule has 3 N–H and O–H groups in total. The van der Waals surface area contributed by atoms with Crippen LogP contribution in [0, 0.1) is 11.3 Å². The van der Waals surface area contributed by atoms with Gasteiger partial charge >= 0.3 is 0 Å². The maximum absolute atomic E-state index is 13.8. The van der Waals surface area contributed by atoms with E-state index in [1.807, 2.05) is 62.1 Å². The van der Waals surface area contributed by atoms with Crippen LogP contribution in [-0.4, -0.2) is 53.3 Å². The van der Waals surface area contributed by atoms with E-state index in [1.165, 1.54) is 30.4 Å². The van der Waals surface area contributed by atoms with Gasteiger partial charge < -0.3 is 20.9 Å². The van der Waals surface area contributed by atoms with Crippen LogP contribution in [0.5, 0.6) is 0 Å². The first-order valence-corrected chi connectivity index (χ1v) is 16.9. The van der Waals surface area contributed by atoms with Crippen LogP contribution in [0.2, 0.25) is 5.02 Å². The zero-order valence-corrected chi connectivity index (χ0v) is 27.3. The number of nitrogens with one attached hydrogen (secondary N) is 3. The summed E-state index contributed by atoms with van der Waals surface area (Å²) >= 11 is 6.13. The molecule has 0 radical (unpaired) electrons. The first-order chi connectivity index (χ1) is 21.0. The SMILES string of the molecule is CC(C)(C)NC(=O)C1(C2CCCCC2)CCN(C(=O)C[C@@H](Cc2ccc(Cl)cc2)NC(=O)[C@H]2Cc3ccccc3CN2)CC1. The molecule has 1 saturated carbocycles. The van der Waals surface area contributed by atoms with Crippen LogP contribution in [0.4, 0.5) is 0 Å². The molecule has 0 unspecified atom stereocenters. The van der Waals surface area contributed by atoms with Crippen LogP contribution in [0.1, 0.15) is 88.8 Å². The predicted octanol–water partition coefficient (Wildman–Crippen LogP) is 5.58. The minimum absolute atomic E-state index is 0.0275. The van der Waals surface area contributed by atoms with Gasteiger partial charge in [-0.2, -0.15) is 0 Å². The van der Waals surface area contributed by atoms with Gasteiger partial charge in [0.2, 0.25) is 17.7 Å². The van der Waals surface area contributed by atoms with E-state index in [-0.39, 0.29) is 41.8 Å². The molecule has 0 aromatic heterocycles. The number of likely N-dealkylation sites (tertiary alicyclic amines) is 1. The maximum atomic E-state index is 13.8. The minimum Gasteiger partial charge on any atom is -0.351 e. The van der Waals surface area contributed by atoms with Gasteiger partial charge in [0, 0.05) is 42.7 Å². The van der Waals surface area contributed by atoms with E-state index in [4.69, 9.17) is 11.6 Å². The van der Waals surface area contributed by atoms with Crippen molar-refractivity contribution in [2.24, 2.45) is 11.3 Å². The van der Waals surface area contributed by atoms with Gasteiger partial charge in [-0.05, 0) is 94.0 Å². The average molecular weight is 621 g/mol. The van der Waals surface area contributed by atoms with Gasteiger partial charge in [0.15, 0.2) is 0 Å². The van der Waals surface area contributed by atoms with Gasteiger partial charge in [-0.1, -0.05) is 67.3 Å². The van der Waals surface area contributed by atoms with Crippen molar-refractivity contribution in [3.05, 3.63) is 70.2 Å². The second kappa shape index (κ2) is 14.0. The largest absolute Gasteiger partial charge is 0.351 e. The Hall–Kier alpha value is -2.90. The van der Waals surface area contributed by atoms with Crippen molar-refractivity contribution < 1.29 is 14.4 Å². The van der Waals surface area contributed by atoms with E-state index < -0.39 is 5.41 Å². The van der Waals surface area contributed by atoms with Crippen LogP contribution >= 0.6 is 11.6 Å². The van der Waals surface area contributed by atoms with Gasteiger partial charge in [-0.3, -0.25) is 14.4 Å². The molecule has 1 aliphatic carbocycles. The number of carbonyl (C=O) groups excluding carboxylic acids is 3. The fourth-order valence-corrected chi connectivity index (χ4v) is 7.58. The Morgan fingerprint density at radius 3 is 2.30 bits per heavy atom. The summed E-state index contributed by atoms with van der Waals surface area (Å²) in [6.07, 6.45) is 8.48. The maximum Gasteiger partial charge on any atom is 0.237 e. The van der Waals surface area contributed by atoms with Gasteiger partial charge in [-0.25, -0.2) is 0 Å². The number of halogens is 1. The average Bonchev–Trinajstić information content (AvgIpc) is 3.01. The zero-order chi connectivity index (χ0) is 31.3. The van der Waals surface area contributed by atoms with Crippen LogP contribution in [-0.2, 0) is 33.8 Å². The van der Waals surface area contributed by atoms with E-state index >= 15 is 0 Å². The standard InChI is InChI=1S/C36H49ClN4O3/c1-35(2,3)40-34(44)36(28-11-5-4-6-12-28)17-19-41(20-18-36)32(42)23-30(21-25-13-15-29(37)16-14-25)39-33(43)31-22-26-9-7-8-10-27(26)24-38-31/h7-10,13-16,28,30-31,38H,4-6,11-12,17-24H2,1-3H3,(H,39,43)(H,40,44)/t30-,31-/m1/s1. The van der Waals surface area contributed by atoms with Crippen molar-refractivity contribution in [2.45, 2.75) is 109 Å². The number of amides is 3. The third kappa shape index (κ3) is 8.02. The number of nitrogens with zero attached hydrogens (tertiary/aromatic N) is 1. The minimum atomic E-state index is -0.426. The van der Waals surface area contributed by atoms with E-state index in [0.717, 1.165) is 18.4 Å². The lowest BCUT2D eigenvalue weighted by molar-refractivity contribution is -0.146. The molecular formula is C36H49ClN4O3. The van der Waals surface area contributed by atoms with Crippen LogP contribution in [0.25, 0.3) is 0 Å². The monoisotopic (exact) mass is 620 g/mol. The normalized spacial score (nSPS) is 21.2. The van der Waals surface area contributed by atoms with Gasteiger partial charge in [0.25, 0.3) is 0 Å². The molecule has 7 nitrogen and oxygen atoms in total. The highest BCUT2D eigenvalue weighted by Gasteiger charge is 2.48. The lowest BCUT2D eigenvalue weighted by atomic mass is 9.63. The number of carbonyl (C=O) groups is 3. The molecule has 3 amide bonds. The molecule has 1 saturated heterocycles. The van der Waals surface area contributed by atoms with Crippen molar-refractivity contribution in [1.82, 2.24) is 20.9 Å². The van der Waals surface area contributed by atoms with E-state index in [2.05, 4.69) is 28.1 Å². The number of hydrogen-bond donors (Lipinski definition) is 3. The highest BCUT2D eigenvalue weighted by molar-refractivity contribution is 6.30. The molecule has 5 rings (SSSR count). The molecule has 44 heavy (non-hydrogen) atoms. The Bertz CT molecular complexity index is 1310. The number of piperidine rings is 1. The summed E-state index contributed by atoms with van der Waals surface area (Å²) in [4.78, 5) is 43.0. The van der Waals surface area contributed by atoms with Gasteiger partial charge in [0.1, 0.15) is 0 Å². The summed E-state index contributed by atoms with van der Waals surface area (Å²) in [5, 5.41) is 10.5. The predicted molar refractivity (Wildman–Crippen MR) is 175 cm³/mol. The molecule has 2 heterocycles. The van der Waals surface area contributed by atoms with Crippen molar-refractivity contribution >= 4 is 29.3 Å². The molecule has 3 aliphatic rings. The zero-order valence-electron chi connectivity index (χ0n) is 26.6. The Balaban J connectivity index is 1.26. The Morgan fingerprint density at radius 1 is 0.977 bits per heavy atom. The number of hydrogen-bond acceptors (Lipinski definition) is 4. The molecule has 2 aliphatic heterocycles. The second-order valence-electron chi connectivity index (χ2n) is 14.2. The topological polar surface area (TPSA) is 90.5 Å². The molecule has 2 fully saturated rings. The van der Waals surface area contributed by atoms with Crippen LogP contribution < -0.4 is 16.0 Å². The molecule has 2 aromatic carbocycles. The van der Waals surface area contributed by atoms with E-state index in [9.17, 15) is 14.4 Å². The molecule has 8 heteroatoms. The Labute approximate surface area is 267 Å². The third-order valence-corrected chi connectivity index (χ3v) is 10.1. The highest BCUT2D eigenvalue weighted by Crippen LogP contribution is 2.46. The summed E-state index contributed by atoms with van der Waals surface area (Å²) in [6.45, 7) is 7.89. The molecule has 2 atom stereocenters. The van der Waals surface area contributed by atoms with Crippen LogP contribution in [0.3, 0.4) is 0 Å². The van der Waals surface area contributed by atoms with E-state index in [0.29, 0.717) is 56.3 Å². The van der Waals surface area contributed by atoms with Crippen LogP contribution in [0.15, 0.2) is 48.5 Å². The smallest absolute Gasteiger partial charge is 0.237 e. The number of benzene rings is 2. The van der Waals surface area contributed by atoms with E-state index in [1.54, 1.807) is 0 Å². The fraction of sp³-hybridized carbons (Fsp3) is 0.583. The number of fused-ring (bicyclic) bond motifs is 1. The molecular weight excluding hydrogens is 572 g/mol. The Kier molecular flexibility index (Phi) is 10.4. The van der Waals surface area contributed by atoms with Gasteiger partial charge in [-0.15, -0.1) is 0 Å². The summed E-state index contributed by atoms with van der Waals surface area (Å²) < 4.78 is 0. The Morgan fingerprint density at radius 2 is 1.64 bits per heavy atom. The lowest BCUT2D eigenvalue weighted by Crippen LogP contribution is -2.57. The summed E-state index contributed by atoms with van der Waals surface area (Å²) in [5.41, 5.74) is 2.69. The first-order valence-electron chi connectivity index (χ1n) is 16.5. The number of rotatable bonds is 8. The summed E-state index contributed by atoms with van der Waals surface area (Å²) in [6, 6.07) is 15.1. The highest BCUT2D eigenvalue weighted by atomic mass is 35.5. The molecule has 238 valence electrons. The van der Waals surface area contributed by atoms with Crippen molar-refractivity contribution in [1.29, 1.82) is 0 Å². The van der Waals surface area contributed by atoms with Crippen molar-refractivity contribution in [3.63, 3.8) is 0 Å².